The van der Waals surface area contributed by atoms with Gasteiger partial charge in [-0.2, -0.15) is 0 Å². The Kier molecular flexibility index (Phi) is 5.63. The van der Waals surface area contributed by atoms with E-state index in [1.807, 2.05) is 30.3 Å². The number of Topliss-reactive ketones (excluding diaryl/α,β-unsaturated/α-hetero) is 1. The molecule has 0 aliphatic carbocycles. The number of aryl methyl sites for hydroxylation is 1. The molecule has 0 saturated heterocycles. The van der Waals surface area contributed by atoms with Gasteiger partial charge in [0.1, 0.15) is 0 Å². The maximum absolute atomic E-state index is 12.2. The molecule has 0 bridgehead atoms. The number of nitrogens with one attached hydrogen (secondary N) is 1. The number of ketones is 1. The van der Waals surface area contributed by atoms with Crippen LogP contribution in [0.3, 0.4) is 0 Å². The molecule has 0 spiro atoms. The number of primary amides is 1. The molecule has 3 N–H and O–H groups in total. The van der Waals surface area contributed by atoms with E-state index in [9.17, 15) is 14.4 Å². The molecule has 0 radical (unpaired) electrons. The molecule has 2 rings (SSSR count). The van der Waals surface area contributed by atoms with Gasteiger partial charge in [0.15, 0.2) is 0 Å². The van der Waals surface area contributed by atoms with Crippen molar-refractivity contribution in [2.45, 2.75) is 18.9 Å². The lowest BCUT2D eigenvalue weighted by molar-refractivity contribution is -0.137. The van der Waals surface area contributed by atoms with Crippen LogP contribution in [0.15, 0.2) is 60.7 Å². The number of rotatable bonds is 7. The molecule has 0 heterocycles. The molecule has 23 heavy (non-hydrogen) atoms. The lowest BCUT2D eigenvalue weighted by Crippen LogP contribution is -2.46. The van der Waals surface area contributed by atoms with E-state index in [0.717, 1.165) is 5.56 Å². The van der Waals surface area contributed by atoms with Gasteiger partial charge in [-0.1, -0.05) is 48.5 Å². The number of hydrogen-bond donors (Lipinski definition) is 2. The van der Waals surface area contributed by atoms with Crippen LogP contribution in [0.4, 0.5) is 0 Å². The predicted octanol–water partition coefficient (Wildman–Crippen LogP) is 1.47. The summed E-state index contributed by atoms with van der Waals surface area (Å²) in [5, 5.41) is 2.60. The van der Waals surface area contributed by atoms with Crippen molar-refractivity contribution in [1.82, 2.24) is 5.32 Å². The predicted molar refractivity (Wildman–Crippen MR) is 86.7 cm³/mol. The van der Waals surface area contributed by atoms with Crippen LogP contribution in [0, 0.1) is 0 Å². The van der Waals surface area contributed by atoms with Crippen molar-refractivity contribution >= 4 is 17.6 Å². The van der Waals surface area contributed by atoms with Crippen LogP contribution < -0.4 is 11.1 Å². The summed E-state index contributed by atoms with van der Waals surface area (Å²) in [4.78, 5) is 35.3. The number of carbonyl (C=O) groups excluding carboxylic acids is 3. The zero-order valence-electron chi connectivity index (χ0n) is 12.6. The summed E-state index contributed by atoms with van der Waals surface area (Å²) < 4.78 is 0. The van der Waals surface area contributed by atoms with E-state index in [0.29, 0.717) is 18.4 Å². The van der Waals surface area contributed by atoms with Crippen molar-refractivity contribution in [3.8, 4) is 0 Å². The Balaban J connectivity index is 2.06. The van der Waals surface area contributed by atoms with Crippen molar-refractivity contribution < 1.29 is 14.4 Å². The molecule has 0 aliphatic heterocycles. The van der Waals surface area contributed by atoms with Crippen molar-refractivity contribution in [3.05, 3.63) is 71.8 Å². The van der Waals surface area contributed by atoms with Crippen LogP contribution in [0.2, 0.25) is 0 Å². The number of nitrogens with two attached hydrogens (primary N) is 1. The van der Waals surface area contributed by atoms with Gasteiger partial charge in [0.2, 0.25) is 5.78 Å². The highest BCUT2D eigenvalue weighted by Crippen LogP contribution is 2.07. The fraction of sp³-hybridized carbons (Fsp3) is 0.167. The normalized spacial score (nSPS) is 11.5. The Labute approximate surface area is 134 Å². The van der Waals surface area contributed by atoms with Gasteiger partial charge in [0, 0.05) is 5.56 Å². The fourth-order valence-corrected chi connectivity index (χ4v) is 2.23. The molecule has 2 aromatic carbocycles. The standard InChI is InChI=1S/C18H18N2O3/c19-17(22)16(21)15(12-11-13-7-3-1-4-8-13)20-18(23)14-9-5-2-6-10-14/h1-10,15H,11-12H2,(H2,19,22)(H,20,23)/t15-/m0/s1. The number of carbonyl (C=O) groups is 3. The van der Waals surface area contributed by atoms with Crippen molar-refractivity contribution in [3.63, 3.8) is 0 Å². The number of hydrogen-bond acceptors (Lipinski definition) is 3. The average molecular weight is 310 g/mol. The second-order valence-electron chi connectivity index (χ2n) is 5.14. The van der Waals surface area contributed by atoms with E-state index in [1.165, 1.54) is 0 Å². The van der Waals surface area contributed by atoms with Gasteiger partial charge in [-0.15, -0.1) is 0 Å². The lowest BCUT2D eigenvalue weighted by atomic mass is 10.0. The summed E-state index contributed by atoms with van der Waals surface area (Å²) in [5.41, 5.74) is 6.52. The minimum absolute atomic E-state index is 0.310. The smallest absolute Gasteiger partial charge is 0.287 e. The van der Waals surface area contributed by atoms with Gasteiger partial charge in [0.05, 0.1) is 6.04 Å². The first-order chi connectivity index (χ1) is 11.1. The Hall–Kier alpha value is -2.95. The Morgan fingerprint density at radius 2 is 1.48 bits per heavy atom. The highest BCUT2D eigenvalue weighted by Gasteiger charge is 2.25. The molecular weight excluding hydrogens is 292 g/mol. The quantitative estimate of drug-likeness (QED) is 0.759. The Bertz CT molecular complexity index is 684. The van der Waals surface area contributed by atoms with E-state index in [-0.39, 0.29) is 0 Å². The van der Waals surface area contributed by atoms with Crippen LogP contribution >= 0.6 is 0 Å². The largest absolute Gasteiger partial charge is 0.363 e. The second kappa shape index (κ2) is 7.89. The molecule has 0 fully saturated rings. The van der Waals surface area contributed by atoms with E-state index in [4.69, 9.17) is 5.73 Å². The molecule has 5 nitrogen and oxygen atoms in total. The molecule has 0 saturated carbocycles. The minimum Gasteiger partial charge on any atom is -0.363 e. The molecule has 2 amide bonds. The van der Waals surface area contributed by atoms with Gasteiger partial charge in [-0.05, 0) is 30.5 Å². The summed E-state index contributed by atoms with van der Waals surface area (Å²) in [7, 11) is 0. The third kappa shape index (κ3) is 4.78. The highest BCUT2D eigenvalue weighted by molar-refractivity contribution is 6.38. The number of benzene rings is 2. The molecule has 0 aromatic heterocycles. The maximum Gasteiger partial charge on any atom is 0.287 e. The summed E-state index contributed by atoms with van der Waals surface area (Å²) >= 11 is 0. The lowest BCUT2D eigenvalue weighted by Gasteiger charge is -2.16. The van der Waals surface area contributed by atoms with Crippen molar-refractivity contribution in [1.29, 1.82) is 0 Å². The van der Waals surface area contributed by atoms with Gasteiger partial charge in [-0.3, -0.25) is 14.4 Å². The molecular formula is C18H18N2O3. The maximum atomic E-state index is 12.2. The van der Waals surface area contributed by atoms with Crippen molar-refractivity contribution in [2.24, 2.45) is 5.73 Å². The zero-order chi connectivity index (χ0) is 16.7. The van der Waals surface area contributed by atoms with E-state index >= 15 is 0 Å². The first kappa shape index (κ1) is 16.4. The van der Waals surface area contributed by atoms with Crippen LogP contribution in [-0.4, -0.2) is 23.6 Å². The fourth-order valence-electron chi connectivity index (χ4n) is 2.23. The van der Waals surface area contributed by atoms with Crippen molar-refractivity contribution in [2.75, 3.05) is 0 Å². The monoisotopic (exact) mass is 310 g/mol. The Morgan fingerprint density at radius 3 is 2.04 bits per heavy atom. The van der Waals surface area contributed by atoms with Gasteiger partial charge in [0.25, 0.3) is 11.8 Å². The number of amides is 2. The molecule has 5 heteroatoms. The summed E-state index contributed by atoms with van der Waals surface area (Å²) in [6.45, 7) is 0. The van der Waals surface area contributed by atoms with Gasteiger partial charge < -0.3 is 11.1 Å². The topological polar surface area (TPSA) is 89.3 Å². The first-order valence-electron chi connectivity index (χ1n) is 7.31. The van der Waals surface area contributed by atoms with Crippen LogP contribution in [0.5, 0.6) is 0 Å². The average Bonchev–Trinajstić information content (AvgIpc) is 2.59. The third-order valence-electron chi connectivity index (χ3n) is 3.47. The van der Waals surface area contributed by atoms with Crippen LogP contribution in [0.1, 0.15) is 22.3 Å². The molecule has 118 valence electrons. The molecule has 0 aliphatic rings. The van der Waals surface area contributed by atoms with E-state index in [2.05, 4.69) is 5.32 Å². The molecule has 1 atom stereocenters. The minimum atomic E-state index is -1.04. The summed E-state index contributed by atoms with van der Waals surface area (Å²) in [5.74, 6) is -2.24. The van der Waals surface area contributed by atoms with Crippen LogP contribution in [0.25, 0.3) is 0 Å². The van der Waals surface area contributed by atoms with Gasteiger partial charge in [-0.25, -0.2) is 0 Å². The van der Waals surface area contributed by atoms with Gasteiger partial charge >= 0.3 is 0 Å². The second-order valence-corrected chi connectivity index (χ2v) is 5.14. The molecule has 0 unspecified atom stereocenters. The first-order valence-corrected chi connectivity index (χ1v) is 7.31. The SMILES string of the molecule is NC(=O)C(=O)[C@H](CCc1ccccc1)NC(=O)c1ccccc1. The van der Waals surface area contributed by atoms with Crippen LogP contribution in [-0.2, 0) is 16.0 Å². The molecule has 2 aromatic rings. The van der Waals surface area contributed by atoms with E-state index < -0.39 is 23.6 Å². The zero-order valence-corrected chi connectivity index (χ0v) is 12.6. The van der Waals surface area contributed by atoms with E-state index in [1.54, 1.807) is 30.3 Å². The highest BCUT2D eigenvalue weighted by atomic mass is 16.2. The summed E-state index contributed by atoms with van der Waals surface area (Å²) in [6, 6.07) is 17.1. The summed E-state index contributed by atoms with van der Waals surface area (Å²) in [6.07, 6.45) is 0.865. The Morgan fingerprint density at radius 1 is 0.913 bits per heavy atom. The third-order valence-corrected chi connectivity index (χ3v) is 3.47.